The van der Waals surface area contributed by atoms with Gasteiger partial charge in [-0.2, -0.15) is 0 Å². The van der Waals surface area contributed by atoms with Crippen molar-refractivity contribution in [2.75, 3.05) is 5.73 Å². The number of hydrogen-bond acceptors (Lipinski definition) is 2. The van der Waals surface area contributed by atoms with Crippen LogP contribution in [0.25, 0.3) is 0 Å². The van der Waals surface area contributed by atoms with Gasteiger partial charge in [0.05, 0.1) is 0 Å². The van der Waals surface area contributed by atoms with Crippen LogP contribution in [0.4, 0.5) is 5.69 Å². The van der Waals surface area contributed by atoms with Crippen LogP contribution in [0.3, 0.4) is 0 Å². The zero-order valence-corrected chi connectivity index (χ0v) is 10.5. The van der Waals surface area contributed by atoms with E-state index in [0.717, 1.165) is 11.4 Å². The van der Waals surface area contributed by atoms with Crippen molar-refractivity contribution in [2.45, 2.75) is 0 Å². The Balaban J connectivity index is 2.88. The van der Waals surface area contributed by atoms with Gasteiger partial charge >= 0.3 is 70.7 Å². The molecule has 0 aliphatic rings. The van der Waals surface area contributed by atoms with Crippen LogP contribution in [0, 0.1) is 0 Å². The van der Waals surface area contributed by atoms with Gasteiger partial charge in [-0.25, -0.2) is 0 Å². The molecule has 0 aliphatic carbocycles. The average Bonchev–Trinajstić information content (AvgIpc) is 1.90. The molecule has 0 atom stereocenters. The molecule has 43 valence electrons. The second-order valence-corrected chi connectivity index (χ2v) is 2.84. The fourth-order valence-corrected chi connectivity index (χ4v) is 1.31. The van der Waals surface area contributed by atoms with Gasteiger partial charge in [-0.05, 0) is 0 Å². The number of nitrogens with two attached hydrogens (primary N) is 1. The summed E-state index contributed by atoms with van der Waals surface area (Å²) in [5.41, 5.74) is 6.22. The molecule has 0 fully saturated rings. The molecule has 0 saturated heterocycles. The van der Waals surface area contributed by atoms with E-state index in [2.05, 4.69) is 0 Å². The number of benzene rings is 1. The summed E-state index contributed by atoms with van der Waals surface area (Å²) in [5.74, 6) is 0.924. The Morgan fingerprint density at radius 1 is 1.22 bits per heavy atom. The van der Waals surface area contributed by atoms with Crippen LogP contribution < -0.4 is 8.38 Å². The number of anilines is 1. The van der Waals surface area contributed by atoms with Gasteiger partial charge < -0.3 is 0 Å². The summed E-state index contributed by atoms with van der Waals surface area (Å²) >= 11 is 0.375. The van der Waals surface area contributed by atoms with Crippen LogP contribution >= 0.6 is 0 Å². The minimum atomic E-state index is 0.375. The molecular formula is C6H6HgNO. The third kappa shape index (κ3) is 1.86. The third-order valence-corrected chi connectivity index (χ3v) is 2.34. The predicted molar refractivity (Wildman–Crippen MR) is 31.5 cm³/mol. The van der Waals surface area contributed by atoms with Crippen molar-refractivity contribution in [1.82, 2.24) is 0 Å². The molecule has 9 heavy (non-hydrogen) atoms. The zero-order valence-electron chi connectivity index (χ0n) is 5.00. The second kappa shape index (κ2) is 3.06. The Bertz CT molecular complexity index is 185. The summed E-state index contributed by atoms with van der Waals surface area (Å²) in [5, 5.41) is 0. The van der Waals surface area contributed by atoms with Gasteiger partial charge in [0.1, 0.15) is 0 Å². The molecule has 0 saturated carbocycles. The summed E-state index contributed by atoms with van der Waals surface area (Å²) in [6, 6.07) is 7.43. The van der Waals surface area contributed by atoms with E-state index in [4.69, 9.17) is 8.38 Å². The van der Waals surface area contributed by atoms with Crippen LogP contribution in [0.15, 0.2) is 24.3 Å². The van der Waals surface area contributed by atoms with Gasteiger partial charge in [0.15, 0.2) is 0 Å². The normalized spacial score (nSPS) is 9.11. The van der Waals surface area contributed by atoms with Gasteiger partial charge in [-0.1, -0.05) is 0 Å². The Morgan fingerprint density at radius 2 is 1.78 bits per heavy atom. The maximum absolute atomic E-state index is 5.44. The molecule has 0 aromatic heterocycles. The molecule has 2 nitrogen and oxygen atoms in total. The van der Waals surface area contributed by atoms with Gasteiger partial charge in [0.25, 0.3) is 0 Å². The van der Waals surface area contributed by atoms with Crippen molar-refractivity contribution in [1.29, 1.82) is 0 Å². The summed E-state index contributed by atoms with van der Waals surface area (Å²) in [6.07, 6.45) is 0. The van der Waals surface area contributed by atoms with E-state index in [-0.39, 0.29) is 0 Å². The molecule has 0 aliphatic heterocycles. The van der Waals surface area contributed by atoms with Gasteiger partial charge in [0, 0.05) is 0 Å². The standard InChI is InChI=1S/C6H7NO.Hg/c7-5-1-3-6(8)4-2-5;/h1-4,8H,7H2;/q;+1/p-1. The van der Waals surface area contributed by atoms with Crippen LogP contribution in [0.1, 0.15) is 0 Å². The summed E-state index contributed by atoms with van der Waals surface area (Å²) in [4.78, 5) is 0. The maximum atomic E-state index is 5.44. The van der Waals surface area contributed by atoms with Crippen molar-refractivity contribution in [2.24, 2.45) is 0 Å². The number of rotatable bonds is 1. The van der Waals surface area contributed by atoms with Crippen LogP contribution in [-0.4, -0.2) is 0 Å². The van der Waals surface area contributed by atoms with Gasteiger partial charge in [0.2, 0.25) is 0 Å². The quantitative estimate of drug-likeness (QED) is 0.623. The van der Waals surface area contributed by atoms with Crippen molar-refractivity contribution in [3.05, 3.63) is 24.3 Å². The summed E-state index contributed by atoms with van der Waals surface area (Å²) in [7, 11) is 0. The molecule has 1 rings (SSSR count). The van der Waals surface area contributed by atoms with E-state index in [9.17, 15) is 0 Å². The molecule has 2 N–H and O–H groups in total. The van der Waals surface area contributed by atoms with E-state index in [1.807, 2.05) is 24.3 Å². The molecular weight excluding hydrogens is 303 g/mol. The minimum absolute atomic E-state index is 0.375. The Labute approximate surface area is 70.6 Å². The second-order valence-electron chi connectivity index (χ2n) is 1.71. The first kappa shape index (κ1) is 6.87. The molecule has 3 heteroatoms. The van der Waals surface area contributed by atoms with E-state index < -0.39 is 0 Å². The number of hydrogen-bond donors (Lipinski definition) is 1. The molecule has 0 amide bonds. The van der Waals surface area contributed by atoms with Crippen molar-refractivity contribution in [3.8, 4) is 5.75 Å². The topological polar surface area (TPSA) is 35.2 Å². The first-order valence-corrected chi connectivity index (χ1v) is 4.85. The fourth-order valence-electron chi connectivity index (χ4n) is 0.564. The molecule has 0 heterocycles. The molecule has 0 bridgehead atoms. The molecule has 0 unspecified atom stereocenters. The fraction of sp³-hybridized carbons (Fsp3) is 0. The van der Waals surface area contributed by atoms with Crippen LogP contribution in [0.5, 0.6) is 5.75 Å². The third-order valence-electron chi connectivity index (χ3n) is 1.05. The average molecular weight is 309 g/mol. The molecule has 0 radical (unpaired) electrons. The zero-order chi connectivity index (χ0) is 6.69. The summed E-state index contributed by atoms with van der Waals surface area (Å²) in [6.45, 7) is 0. The van der Waals surface area contributed by atoms with Gasteiger partial charge in [-0.15, -0.1) is 0 Å². The first-order valence-electron chi connectivity index (χ1n) is 2.60. The van der Waals surface area contributed by atoms with E-state index in [1.54, 1.807) is 0 Å². The number of nitrogen functional groups attached to an aromatic ring is 1. The van der Waals surface area contributed by atoms with E-state index >= 15 is 0 Å². The molecule has 1 aromatic rings. The Hall–Kier alpha value is -0.245. The van der Waals surface area contributed by atoms with Crippen LogP contribution in [-0.2, 0) is 26.6 Å². The monoisotopic (exact) mass is 310 g/mol. The van der Waals surface area contributed by atoms with Crippen molar-refractivity contribution >= 4 is 5.69 Å². The summed E-state index contributed by atoms with van der Waals surface area (Å²) < 4.78 is 5.11. The van der Waals surface area contributed by atoms with Crippen LogP contribution in [0.2, 0.25) is 0 Å². The molecule has 1 aromatic carbocycles. The Morgan fingerprint density at radius 3 is 2.22 bits per heavy atom. The van der Waals surface area contributed by atoms with Crippen molar-refractivity contribution in [3.63, 3.8) is 0 Å². The van der Waals surface area contributed by atoms with E-state index in [0.29, 0.717) is 26.6 Å². The van der Waals surface area contributed by atoms with Gasteiger partial charge in [-0.3, -0.25) is 0 Å². The SMILES string of the molecule is Nc1ccc([O][Hg])cc1. The Kier molecular flexibility index (Phi) is 2.34. The van der Waals surface area contributed by atoms with Crippen molar-refractivity contribution < 1.29 is 29.2 Å². The molecule has 0 spiro atoms. The van der Waals surface area contributed by atoms with E-state index in [1.165, 1.54) is 0 Å². The predicted octanol–water partition coefficient (Wildman–Crippen LogP) is 1.11. The first-order chi connectivity index (χ1) is 4.33.